The van der Waals surface area contributed by atoms with Gasteiger partial charge in [-0.3, -0.25) is 10.1 Å². The molecule has 0 saturated heterocycles. The van der Waals surface area contributed by atoms with Gasteiger partial charge in [-0.05, 0) is 11.6 Å². The molecule has 0 atom stereocenters. The Morgan fingerprint density at radius 2 is 1.83 bits per heavy atom. The largest absolute Gasteiger partial charge is 0.337 e. The van der Waals surface area contributed by atoms with Gasteiger partial charge in [-0.2, -0.15) is 0 Å². The van der Waals surface area contributed by atoms with Crippen molar-refractivity contribution in [3.05, 3.63) is 70.9 Å². The average Bonchev–Trinajstić information content (AvgIpc) is 3.03. The van der Waals surface area contributed by atoms with Crippen LogP contribution >= 0.6 is 0 Å². The van der Waals surface area contributed by atoms with E-state index in [4.69, 9.17) is 4.52 Å². The fourth-order valence-corrected chi connectivity index (χ4v) is 3.12. The number of nitrogens with zero attached hydrogens (tertiary/aromatic N) is 2. The van der Waals surface area contributed by atoms with Crippen molar-refractivity contribution >= 4 is 21.6 Å². The predicted octanol–water partition coefficient (Wildman–Crippen LogP) is 3.05. The lowest BCUT2D eigenvalue weighted by molar-refractivity contribution is -0.385. The normalized spacial score (nSPS) is 11.2. The molecular weight excluding hydrogens is 334 g/mol. The highest BCUT2D eigenvalue weighted by Gasteiger charge is 2.21. The van der Waals surface area contributed by atoms with Gasteiger partial charge in [-0.15, -0.1) is 0 Å². The first-order valence-electron chi connectivity index (χ1n) is 6.75. The molecule has 1 aromatic heterocycles. The molecule has 0 aliphatic rings. The molecule has 122 valence electrons. The van der Waals surface area contributed by atoms with Crippen molar-refractivity contribution in [1.29, 1.82) is 0 Å². The molecular formula is C15H11N3O5S. The molecule has 0 unspecified atom stereocenters. The smallest absolute Gasteiger partial charge is 0.270 e. The number of non-ortho nitro benzene ring substituents is 1. The summed E-state index contributed by atoms with van der Waals surface area (Å²) in [5, 5.41) is 14.4. The van der Waals surface area contributed by atoms with Gasteiger partial charge < -0.3 is 4.52 Å². The molecule has 3 aromatic rings. The zero-order chi connectivity index (χ0) is 17.2. The number of aromatic nitrogens is 1. The van der Waals surface area contributed by atoms with Gasteiger partial charge in [0.15, 0.2) is 0 Å². The number of hydrogen-bond acceptors (Lipinski definition) is 6. The van der Waals surface area contributed by atoms with Crippen LogP contribution in [-0.2, 0) is 10.0 Å². The van der Waals surface area contributed by atoms with E-state index in [1.54, 1.807) is 24.3 Å². The van der Waals surface area contributed by atoms with Gasteiger partial charge in [0.2, 0.25) is 5.88 Å². The lowest BCUT2D eigenvalue weighted by Crippen LogP contribution is -2.13. The fraction of sp³-hybridized carbons (Fsp3) is 0. The summed E-state index contributed by atoms with van der Waals surface area (Å²) in [5.41, 5.74) is 0.860. The van der Waals surface area contributed by atoms with Crippen molar-refractivity contribution in [3.63, 3.8) is 0 Å². The average molecular weight is 345 g/mol. The van der Waals surface area contributed by atoms with Crippen LogP contribution in [0, 0.1) is 10.1 Å². The Morgan fingerprint density at radius 3 is 2.54 bits per heavy atom. The summed E-state index contributed by atoms with van der Waals surface area (Å²) >= 11 is 0. The van der Waals surface area contributed by atoms with E-state index in [2.05, 4.69) is 9.88 Å². The second-order valence-electron chi connectivity index (χ2n) is 4.79. The van der Waals surface area contributed by atoms with Gasteiger partial charge in [0.05, 0.1) is 21.6 Å². The van der Waals surface area contributed by atoms with Gasteiger partial charge in [0.1, 0.15) is 0 Å². The minimum absolute atomic E-state index is 0.0623. The highest BCUT2D eigenvalue weighted by molar-refractivity contribution is 7.92. The summed E-state index contributed by atoms with van der Waals surface area (Å²) < 4.78 is 32.1. The molecule has 1 heterocycles. The van der Waals surface area contributed by atoms with E-state index in [1.807, 2.05) is 6.07 Å². The van der Waals surface area contributed by atoms with Crippen LogP contribution in [0.5, 0.6) is 0 Å². The molecule has 8 nitrogen and oxygen atoms in total. The Balaban J connectivity index is 1.96. The van der Waals surface area contributed by atoms with Crippen LogP contribution in [0.3, 0.4) is 0 Å². The highest BCUT2D eigenvalue weighted by Crippen LogP contribution is 2.29. The monoisotopic (exact) mass is 345 g/mol. The summed E-state index contributed by atoms with van der Waals surface area (Å²) in [5.74, 6) is -0.0623. The van der Waals surface area contributed by atoms with Crippen molar-refractivity contribution in [1.82, 2.24) is 5.16 Å². The van der Waals surface area contributed by atoms with Crippen LogP contribution in [0.15, 0.2) is 70.2 Å². The molecule has 0 aliphatic carbocycles. The van der Waals surface area contributed by atoms with E-state index < -0.39 is 14.9 Å². The van der Waals surface area contributed by atoms with E-state index in [1.165, 1.54) is 24.4 Å². The van der Waals surface area contributed by atoms with Crippen LogP contribution in [0.4, 0.5) is 11.6 Å². The Hall–Kier alpha value is -3.20. The topological polar surface area (TPSA) is 115 Å². The predicted molar refractivity (Wildman–Crippen MR) is 85.8 cm³/mol. The number of nitro groups is 1. The number of nitrogens with one attached hydrogen (secondary N) is 1. The Kier molecular flexibility index (Phi) is 4.00. The minimum atomic E-state index is -4.06. The third-order valence-corrected chi connectivity index (χ3v) is 4.55. The molecule has 24 heavy (non-hydrogen) atoms. The molecule has 2 aromatic carbocycles. The first kappa shape index (κ1) is 15.7. The van der Waals surface area contributed by atoms with E-state index in [0.29, 0.717) is 5.56 Å². The molecule has 0 spiro atoms. The second kappa shape index (κ2) is 6.13. The van der Waals surface area contributed by atoms with Crippen LogP contribution < -0.4 is 4.72 Å². The third kappa shape index (κ3) is 3.10. The van der Waals surface area contributed by atoms with Crippen molar-refractivity contribution in [2.24, 2.45) is 0 Å². The molecule has 0 radical (unpaired) electrons. The van der Waals surface area contributed by atoms with Crippen molar-refractivity contribution in [2.45, 2.75) is 4.90 Å². The van der Waals surface area contributed by atoms with Gasteiger partial charge in [-0.25, -0.2) is 13.1 Å². The maximum Gasteiger partial charge on any atom is 0.270 e. The standard InChI is InChI=1S/C15H11N3O5S/c19-18(20)12-7-4-8-13(9-12)24(21,22)17-15-14(10-16-23-15)11-5-2-1-3-6-11/h1-10,17H. The Labute approximate surface area is 136 Å². The van der Waals surface area contributed by atoms with Crippen LogP contribution in [-0.4, -0.2) is 18.5 Å². The third-order valence-electron chi connectivity index (χ3n) is 3.22. The van der Waals surface area contributed by atoms with E-state index in [-0.39, 0.29) is 16.5 Å². The van der Waals surface area contributed by atoms with Crippen molar-refractivity contribution < 1.29 is 17.9 Å². The fourth-order valence-electron chi connectivity index (χ4n) is 2.08. The molecule has 1 N–H and O–H groups in total. The van der Waals surface area contributed by atoms with Crippen LogP contribution in [0.1, 0.15) is 0 Å². The summed E-state index contributed by atoms with van der Waals surface area (Å²) in [6.45, 7) is 0. The first-order valence-corrected chi connectivity index (χ1v) is 8.23. The summed E-state index contributed by atoms with van der Waals surface area (Å²) in [7, 11) is -4.06. The molecule has 9 heteroatoms. The zero-order valence-corrected chi connectivity index (χ0v) is 12.9. The quantitative estimate of drug-likeness (QED) is 0.561. The number of benzene rings is 2. The van der Waals surface area contributed by atoms with Crippen molar-refractivity contribution in [3.8, 4) is 11.1 Å². The van der Waals surface area contributed by atoms with Gasteiger partial charge in [-0.1, -0.05) is 41.6 Å². The minimum Gasteiger partial charge on any atom is -0.337 e. The van der Waals surface area contributed by atoms with Gasteiger partial charge >= 0.3 is 0 Å². The molecule has 0 saturated carbocycles. The molecule has 0 bridgehead atoms. The number of sulfonamides is 1. The zero-order valence-electron chi connectivity index (χ0n) is 12.1. The molecule has 0 amide bonds. The first-order chi connectivity index (χ1) is 11.5. The second-order valence-corrected chi connectivity index (χ2v) is 6.48. The molecule has 0 aliphatic heterocycles. The molecule has 3 rings (SSSR count). The van der Waals surface area contributed by atoms with E-state index >= 15 is 0 Å². The molecule has 0 fully saturated rings. The lowest BCUT2D eigenvalue weighted by atomic mass is 10.1. The maximum atomic E-state index is 12.4. The summed E-state index contributed by atoms with van der Waals surface area (Å²) in [4.78, 5) is 9.89. The maximum absolute atomic E-state index is 12.4. The number of rotatable bonds is 5. The highest BCUT2D eigenvalue weighted by atomic mass is 32.2. The van der Waals surface area contributed by atoms with E-state index in [0.717, 1.165) is 11.6 Å². The van der Waals surface area contributed by atoms with Gasteiger partial charge in [0.25, 0.3) is 15.7 Å². The summed E-state index contributed by atoms with van der Waals surface area (Å²) in [6.07, 6.45) is 1.39. The van der Waals surface area contributed by atoms with Crippen LogP contribution in [0.2, 0.25) is 0 Å². The summed E-state index contributed by atoms with van der Waals surface area (Å²) in [6, 6.07) is 13.7. The van der Waals surface area contributed by atoms with E-state index in [9.17, 15) is 18.5 Å². The SMILES string of the molecule is O=[N+]([O-])c1cccc(S(=O)(=O)Nc2oncc2-c2ccccc2)c1. The number of hydrogen-bond donors (Lipinski definition) is 1. The van der Waals surface area contributed by atoms with Crippen LogP contribution in [0.25, 0.3) is 11.1 Å². The van der Waals surface area contributed by atoms with Gasteiger partial charge in [0, 0.05) is 12.1 Å². The van der Waals surface area contributed by atoms with Crippen molar-refractivity contribution in [2.75, 3.05) is 4.72 Å². The Bertz CT molecular complexity index is 983. The number of anilines is 1. The number of nitro benzene ring substituents is 1. The Morgan fingerprint density at radius 1 is 1.08 bits per heavy atom. The lowest BCUT2D eigenvalue weighted by Gasteiger charge is -2.06.